The van der Waals surface area contributed by atoms with Crippen molar-refractivity contribution in [2.75, 3.05) is 26.7 Å². The van der Waals surface area contributed by atoms with Crippen LogP contribution in [-0.2, 0) is 4.74 Å². The van der Waals surface area contributed by atoms with Crippen molar-refractivity contribution in [2.24, 2.45) is 5.41 Å². The Hall–Kier alpha value is -2.38. The van der Waals surface area contributed by atoms with Gasteiger partial charge < -0.3 is 4.74 Å². The molecule has 0 bridgehead atoms. The van der Waals surface area contributed by atoms with Gasteiger partial charge in [0.1, 0.15) is 0 Å². The molecule has 0 aliphatic rings. The number of hydrogen-bond acceptors (Lipinski definition) is 4. The minimum Gasteiger partial charge on any atom is -0.462 e. The van der Waals surface area contributed by atoms with Crippen LogP contribution >= 0.6 is 0 Å². The number of carbonyl (C=O) groups excluding carboxylic acids is 2. The molecule has 0 aromatic heterocycles. The molecule has 4 nitrogen and oxygen atoms in total. The zero-order chi connectivity index (χ0) is 18.9. The van der Waals surface area contributed by atoms with Crippen molar-refractivity contribution in [1.29, 1.82) is 0 Å². The van der Waals surface area contributed by atoms with Crippen LogP contribution in [0.5, 0.6) is 0 Å². The fourth-order valence-electron chi connectivity index (χ4n) is 1.96. The van der Waals surface area contributed by atoms with Crippen molar-refractivity contribution >= 4 is 11.8 Å². The van der Waals surface area contributed by atoms with E-state index in [4.69, 9.17) is 4.74 Å². The van der Waals surface area contributed by atoms with E-state index in [0.717, 1.165) is 0 Å². The Labute approximate surface area is 150 Å². The summed E-state index contributed by atoms with van der Waals surface area (Å²) in [7, 11) is 1.88. The molecule has 0 fully saturated rings. The van der Waals surface area contributed by atoms with Crippen LogP contribution in [0.1, 0.15) is 48.4 Å². The Morgan fingerprint density at radius 3 is 2.32 bits per heavy atom. The van der Waals surface area contributed by atoms with Gasteiger partial charge in [-0.1, -0.05) is 30.0 Å². The molecule has 0 N–H and O–H groups in total. The molecule has 0 radical (unpaired) electrons. The molecule has 1 rings (SSSR count). The molecular formula is C21H27NO3. The highest BCUT2D eigenvalue weighted by Gasteiger charge is 2.11. The summed E-state index contributed by atoms with van der Waals surface area (Å²) in [5.41, 5.74) is 1.02. The van der Waals surface area contributed by atoms with Crippen LogP contribution in [0.15, 0.2) is 36.4 Å². The largest absolute Gasteiger partial charge is 0.462 e. The van der Waals surface area contributed by atoms with Crippen LogP contribution in [0.4, 0.5) is 0 Å². The number of Topliss-reactive ketones (excluding diaryl/α,β-unsaturated/α-hetero) is 1. The topological polar surface area (TPSA) is 46.6 Å². The standard InChI is InChI=1S/C21H27NO3/c1-6-25-20(24)18-12-10-17(11-13-18)19(23)16-22(5)15-9-7-8-14-21(2,3)4/h7,9-13H,6,15-16H2,1-5H3. The minimum atomic E-state index is -0.375. The second-order valence-electron chi connectivity index (χ2n) is 6.84. The first-order chi connectivity index (χ1) is 11.7. The molecule has 25 heavy (non-hydrogen) atoms. The Morgan fingerprint density at radius 2 is 1.76 bits per heavy atom. The number of allylic oxidation sites excluding steroid dienone is 1. The first kappa shape index (κ1) is 20.7. The molecule has 1 aromatic carbocycles. The Kier molecular flexibility index (Phi) is 8.10. The van der Waals surface area contributed by atoms with Gasteiger partial charge in [-0.05, 0) is 53.0 Å². The highest BCUT2D eigenvalue weighted by atomic mass is 16.5. The molecule has 0 amide bonds. The van der Waals surface area contributed by atoms with Gasteiger partial charge in [0.05, 0.1) is 18.7 Å². The van der Waals surface area contributed by atoms with E-state index in [2.05, 4.69) is 32.6 Å². The number of nitrogens with zero attached hydrogens (tertiary/aromatic N) is 1. The normalized spacial score (nSPS) is 11.3. The molecule has 134 valence electrons. The summed E-state index contributed by atoms with van der Waals surface area (Å²) < 4.78 is 4.93. The van der Waals surface area contributed by atoms with Gasteiger partial charge >= 0.3 is 5.97 Å². The van der Waals surface area contributed by atoms with Gasteiger partial charge in [0.25, 0.3) is 0 Å². The van der Waals surface area contributed by atoms with E-state index < -0.39 is 0 Å². The Balaban J connectivity index is 2.53. The summed E-state index contributed by atoms with van der Waals surface area (Å²) in [6, 6.07) is 6.56. The SMILES string of the molecule is CCOC(=O)c1ccc(C(=O)CN(C)CC=CC#CC(C)(C)C)cc1. The lowest BCUT2D eigenvalue weighted by molar-refractivity contribution is 0.0526. The van der Waals surface area contributed by atoms with Gasteiger partial charge in [-0.15, -0.1) is 0 Å². The van der Waals surface area contributed by atoms with Gasteiger partial charge in [-0.25, -0.2) is 4.79 Å². The number of ether oxygens (including phenoxy) is 1. The third-order valence-electron chi connectivity index (χ3n) is 3.20. The zero-order valence-electron chi connectivity index (χ0n) is 15.8. The molecule has 0 aliphatic heterocycles. The predicted octanol–water partition coefficient (Wildman–Crippen LogP) is 3.58. The lowest BCUT2D eigenvalue weighted by atomic mass is 9.98. The summed E-state index contributed by atoms with van der Waals surface area (Å²) in [4.78, 5) is 25.8. The quantitative estimate of drug-likeness (QED) is 0.432. The average Bonchev–Trinajstić information content (AvgIpc) is 2.53. The molecule has 1 aromatic rings. The summed E-state index contributed by atoms with van der Waals surface area (Å²) in [6.07, 6.45) is 3.76. The lowest BCUT2D eigenvalue weighted by Gasteiger charge is -2.13. The van der Waals surface area contributed by atoms with E-state index in [9.17, 15) is 9.59 Å². The van der Waals surface area contributed by atoms with Crippen LogP contribution in [0.25, 0.3) is 0 Å². The molecular weight excluding hydrogens is 314 g/mol. The smallest absolute Gasteiger partial charge is 0.338 e. The molecule has 0 saturated carbocycles. The maximum absolute atomic E-state index is 12.3. The van der Waals surface area contributed by atoms with E-state index in [1.807, 2.05) is 24.1 Å². The van der Waals surface area contributed by atoms with Crippen LogP contribution in [-0.4, -0.2) is 43.4 Å². The number of ketones is 1. The van der Waals surface area contributed by atoms with Crippen LogP contribution < -0.4 is 0 Å². The third kappa shape index (κ3) is 8.32. The van der Waals surface area contributed by atoms with Crippen molar-refractivity contribution in [2.45, 2.75) is 27.7 Å². The number of carbonyl (C=O) groups is 2. The summed E-state index contributed by atoms with van der Waals surface area (Å²) >= 11 is 0. The van der Waals surface area contributed by atoms with Gasteiger partial charge in [-0.2, -0.15) is 0 Å². The molecule has 0 heterocycles. The number of benzene rings is 1. The summed E-state index contributed by atoms with van der Waals surface area (Å²) in [5.74, 6) is 5.76. The molecule has 0 saturated heterocycles. The predicted molar refractivity (Wildman–Crippen MR) is 101 cm³/mol. The van der Waals surface area contributed by atoms with Gasteiger partial charge in [0.2, 0.25) is 0 Å². The highest BCUT2D eigenvalue weighted by Crippen LogP contribution is 2.09. The van der Waals surface area contributed by atoms with Crippen molar-refractivity contribution in [3.8, 4) is 11.8 Å². The average molecular weight is 341 g/mol. The van der Waals surface area contributed by atoms with Crippen molar-refractivity contribution in [3.63, 3.8) is 0 Å². The molecule has 0 atom stereocenters. The van der Waals surface area contributed by atoms with E-state index in [-0.39, 0.29) is 17.2 Å². The van der Waals surface area contributed by atoms with Crippen LogP contribution in [0, 0.1) is 17.3 Å². The van der Waals surface area contributed by atoms with Gasteiger partial charge in [0, 0.05) is 17.5 Å². The van der Waals surface area contributed by atoms with Crippen LogP contribution in [0.3, 0.4) is 0 Å². The number of rotatable bonds is 7. The molecule has 0 unspecified atom stereocenters. The Morgan fingerprint density at radius 1 is 1.16 bits per heavy atom. The monoisotopic (exact) mass is 341 g/mol. The fraction of sp³-hybridized carbons (Fsp3) is 0.429. The van der Waals surface area contributed by atoms with Gasteiger partial charge in [-0.3, -0.25) is 9.69 Å². The number of hydrogen-bond donors (Lipinski definition) is 0. The summed E-state index contributed by atoms with van der Waals surface area (Å²) in [6.45, 7) is 9.22. The number of esters is 1. The second kappa shape index (κ2) is 9.80. The minimum absolute atomic E-state index is 0.00656. The Bertz CT molecular complexity index is 670. The summed E-state index contributed by atoms with van der Waals surface area (Å²) in [5, 5.41) is 0. The zero-order valence-corrected chi connectivity index (χ0v) is 15.8. The van der Waals surface area contributed by atoms with Crippen molar-refractivity contribution in [1.82, 2.24) is 4.90 Å². The first-order valence-electron chi connectivity index (χ1n) is 8.39. The third-order valence-corrected chi connectivity index (χ3v) is 3.20. The molecule has 0 spiro atoms. The molecule has 4 heteroatoms. The lowest BCUT2D eigenvalue weighted by Crippen LogP contribution is -2.26. The maximum Gasteiger partial charge on any atom is 0.338 e. The first-order valence-corrected chi connectivity index (χ1v) is 8.39. The van der Waals surface area contributed by atoms with E-state index in [1.54, 1.807) is 31.2 Å². The molecule has 0 aliphatic carbocycles. The van der Waals surface area contributed by atoms with Crippen molar-refractivity contribution in [3.05, 3.63) is 47.5 Å². The van der Waals surface area contributed by atoms with Crippen molar-refractivity contribution < 1.29 is 14.3 Å². The van der Waals surface area contributed by atoms with E-state index >= 15 is 0 Å². The fourth-order valence-corrected chi connectivity index (χ4v) is 1.96. The number of likely N-dealkylation sites (N-methyl/N-ethyl adjacent to an activating group) is 1. The highest BCUT2D eigenvalue weighted by molar-refractivity contribution is 5.98. The van der Waals surface area contributed by atoms with Gasteiger partial charge in [0.15, 0.2) is 5.78 Å². The second-order valence-corrected chi connectivity index (χ2v) is 6.84. The van der Waals surface area contributed by atoms with E-state index in [0.29, 0.717) is 30.8 Å². The van der Waals surface area contributed by atoms with Crippen LogP contribution in [0.2, 0.25) is 0 Å². The maximum atomic E-state index is 12.3. The van der Waals surface area contributed by atoms with E-state index in [1.165, 1.54) is 0 Å².